The van der Waals surface area contributed by atoms with Crippen molar-refractivity contribution in [1.82, 2.24) is 5.32 Å². The molecule has 0 saturated carbocycles. The number of rotatable bonds is 5. The molecule has 1 aromatic rings. The van der Waals surface area contributed by atoms with E-state index in [-0.39, 0.29) is 11.9 Å². The van der Waals surface area contributed by atoms with Crippen molar-refractivity contribution in [2.24, 2.45) is 0 Å². The first-order valence-electron chi connectivity index (χ1n) is 5.26. The van der Waals surface area contributed by atoms with Crippen LogP contribution in [0.15, 0.2) is 24.3 Å². The highest BCUT2D eigenvalue weighted by molar-refractivity contribution is 14.1. The number of alkyl halides is 1. The molecule has 16 heavy (non-hydrogen) atoms. The van der Waals surface area contributed by atoms with Gasteiger partial charge in [0.15, 0.2) is 0 Å². The fourth-order valence-electron chi connectivity index (χ4n) is 1.40. The largest absolute Gasteiger partial charge is 0.350 e. The van der Waals surface area contributed by atoms with Gasteiger partial charge in [0.25, 0.3) is 5.91 Å². The highest BCUT2D eigenvalue weighted by Gasteiger charge is 2.11. The predicted molar refractivity (Wildman–Crippen MR) is 79.1 cm³/mol. The second-order valence-electron chi connectivity index (χ2n) is 3.69. The summed E-state index contributed by atoms with van der Waals surface area (Å²) in [5.41, 5.74) is 0.758. The molecule has 2 nitrogen and oxygen atoms in total. The van der Waals surface area contributed by atoms with E-state index in [0.29, 0.717) is 0 Å². The number of carbonyl (C=O) groups excluding carboxylic acids is 1. The van der Waals surface area contributed by atoms with Crippen molar-refractivity contribution in [3.8, 4) is 0 Å². The van der Waals surface area contributed by atoms with Gasteiger partial charge < -0.3 is 5.32 Å². The van der Waals surface area contributed by atoms with Gasteiger partial charge in [0.05, 0.1) is 5.56 Å². The minimum Gasteiger partial charge on any atom is -0.350 e. The van der Waals surface area contributed by atoms with Crippen molar-refractivity contribution in [1.29, 1.82) is 0 Å². The maximum absolute atomic E-state index is 11.9. The maximum Gasteiger partial charge on any atom is 0.252 e. The van der Waals surface area contributed by atoms with Gasteiger partial charge in [0.2, 0.25) is 0 Å². The minimum absolute atomic E-state index is 0.0204. The Balaban J connectivity index is 2.56. The molecule has 1 aromatic carbocycles. The molecule has 0 aromatic heterocycles. The zero-order valence-corrected chi connectivity index (χ0v) is 12.9. The van der Waals surface area contributed by atoms with Crippen LogP contribution < -0.4 is 5.32 Å². The highest BCUT2D eigenvalue weighted by atomic mass is 127. The average molecular weight is 396 g/mol. The minimum atomic E-state index is 0.0204. The normalized spacial score (nSPS) is 12.2. The summed E-state index contributed by atoms with van der Waals surface area (Å²) in [6.45, 7) is 2.04. The number of nitrogens with one attached hydrogen (secondary N) is 1. The fraction of sp³-hybridized carbons (Fsp3) is 0.417. The SMILES string of the molecule is CC(CCCBr)NC(=O)c1ccccc1I. The number of hydrogen-bond acceptors (Lipinski definition) is 1. The molecule has 0 aliphatic carbocycles. The summed E-state index contributed by atoms with van der Waals surface area (Å²) < 4.78 is 0.991. The Morgan fingerprint density at radius 1 is 1.50 bits per heavy atom. The molecule has 1 rings (SSSR count). The Morgan fingerprint density at radius 3 is 2.81 bits per heavy atom. The molecule has 0 aliphatic heterocycles. The van der Waals surface area contributed by atoms with Crippen molar-refractivity contribution in [2.75, 3.05) is 5.33 Å². The van der Waals surface area contributed by atoms with Crippen LogP contribution in [-0.2, 0) is 0 Å². The Labute approximate surface area is 118 Å². The molecule has 0 fully saturated rings. The fourth-order valence-corrected chi connectivity index (χ4v) is 2.36. The lowest BCUT2D eigenvalue weighted by atomic mass is 10.1. The van der Waals surface area contributed by atoms with E-state index >= 15 is 0 Å². The molecular weight excluding hydrogens is 381 g/mol. The number of benzene rings is 1. The van der Waals surface area contributed by atoms with Crippen molar-refractivity contribution in [2.45, 2.75) is 25.8 Å². The molecule has 0 saturated heterocycles. The van der Waals surface area contributed by atoms with E-state index in [0.717, 1.165) is 27.3 Å². The lowest BCUT2D eigenvalue weighted by molar-refractivity contribution is 0.0937. The van der Waals surface area contributed by atoms with Gasteiger partial charge in [0, 0.05) is 14.9 Å². The summed E-state index contributed by atoms with van der Waals surface area (Å²) in [5.74, 6) is 0.0204. The molecule has 0 radical (unpaired) electrons. The van der Waals surface area contributed by atoms with E-state index in [1.165, 1.54) is 0 Å². The van der Waals surface area contributed by atoms with Crippen LogP contribution >= 0.6 is 38.5 Å². The molecular formula is C12H15BrINO. The van der Waals surface area contributed by atoms with Crippen LogP contribution in [0.2, 0.25) is 0 Å². The van der Waals surface area contributed by atoms with E-state index in [2.05, 4.69) is 43.8 Å². The van der Waals surface area contributed by atoms with Gasteiger partial charge in [-0.1, -0.05) is 28.1 Å². The number of halogens is 2. The zero-order valence-electron chi connectivity index (χ0n) is 9.17. The van der Waals surface area contributed by atoms with E-state index in [4.69, 9.17) is 0 Å². The summed E-state index contributed by atoms with van der Waals surface area (Å²) in [6.07, 6.45) is 2.08. The smallest absolute Gasteiger partial charge is 0.252 e. The summed E-state index contributed by atoms with van der Waals surface area (Å²) in [4.78, 5) is 11.9. The second kappa shape index (κ2) is 7.27. The lowest BCUT2D eigenvalue weighted by Crippen LogP contribution is -2.33. The standard InChI is InChI=1S/C12H15BrINO/c1-9(5-4-8-13)15-12(16)10-6-2-3-7-11(10)14/h2-3,6-7,9H,4-5,8H2,1H3,(H,15,16). The van der Waals surface area contributed by atoms with Crippen molar-refractivity contribution >= 4 is 44.4 Å². The Kier molecular flexibility index (Phi) is 6.34. The maximum atomic E-state index is 11.9. The van der Waals surface area contributed by atoms with Crippen LogP contribution in [0.25, 0.3) is 0 Å². The third-order valence-corrected chi connectivity index (χ3v) is 3.77. The molecule has 88 valence electrons. The van der Waals surface area contributed by atoms with Gasteiger partial charge in [-0.25, -0.2) is 0 Å². The van der Waals surface area contributed by atoms with Gasteiger partial charge >= 0.3 is 0 Å². The molecule has 0 heterocycles. The first-order valence-corrected chi connectivity index (χ1v) is 7.46. The molecule has 1 unspecified atom stereocenters. The summed E-state index contributed by atoms with van der Waals surface area (Å²) in [7, 11) is 0. The van der Waals surface area contributed by atoms with E-state index in [1.807, 2.05) is 31.2 Å². The average Bonchev–Trinajstić information content (AvgIpc) is 2.26. The number of amides is 1. The number of carbonyl (C=O) groups is 1. The van der Waals surface area contributed by atoms with Crippen LogP contribution in [0.3, 0.4) is 0 Å². The van der Waals surface area contributed by atoms with Gasteiger partial charge in [-0.2, -0.15) is 0 Å². The number of hydrogen-bond donors (Lipinski definition) is 1. The second-order valence-corrected chi connectivity index (χ2v) is 5.64. The molecule has 1 amide bonds. The van der Waals surface area contributed by atoms with Crippen LogP contribution in [0.5, 0.6) is 0 Å². The van der Waals surface area contributed by atoms with E-state index in [1.54, 1.807) is 0 Å². The molecule has 1 atom stereocenters. The topological polar surface area (TPSA) is 29.1 Å². The molecule has 0 bridgehead atoms. The summed E-state index contributed by atoms with van der Waals surface area (Å²) >= 11 is 5.57. The van der Waals surface area contributed by atoms with Crippen LogP contribution in [-0.4, -0.2) is 17.3 Å². The van der Waals surface area contributed by atoms with Gasteiger partial charge in [0.1, 0.15) is 0 Å². The quantitative estimate of drug-likeness (QED) is 0.599. The predicted octanol–water partition coefficient (Wildman–Crippen LogP) is 3.58. The van der Waals surface area contributed by atoms with E-state index in [9.17, 15) is 4.79 Å². The zero-order chi connectivity index (χ0) is 12.0. The Hall–Kier alpha value is -0.100. The lowest BCUT2D eigenvalue weighted by Gasteiger charge is -2.13. The Morgan fingerprint density at radius 2 is 2.19 bits per heavy atom. The van der Waals surface area contributed by atoms with Gasteiger partial charge in [-0.3, -0.25) is 4.79 Å². The van der Waals surface area contributed by atoms with Crippen molar-refractivity contribution < 1.29 is 4.79 Å². The molecule has 1 N–H and O–H groups in total. The van der Waals surface area contributed by atoms with Crippen LogP contribution in [0.1, 0.15) is 30.1 Å². The molecule has 0 spiro atoms. The summed E-state index contributed by atoms with van der Waals surface area (Å²) in [6, 6.07) is 7.85. The third-order valence-electron chi connectivity index (χ3n) is 2.27. The van der Waals surface area contributed by atoms with Crippen LogP contribution in [0.4, 0.5) is 0 Å². The van der Waals surface area contributed by atoms with Crippen molar-refractivity contribution in [3.63, 3.8) is 0 Å². The third kappa shape index (κ3) is 4.41. The highest BCUT2D eigenvalue weighted by Crippen LogP contribution is 2.11. The monoisotopic (exact) mass is 395 g/mol. The Bertz CT molecular complexity index is 357. The molecule has 0 aliphatic rings. The van der Waals surface area contributed by atoms with Gasteiger partial charge in [-0.15, -0.1) is 0 Å². The van der Waals surface area contributed by atoms with E-state index < -0.39 is 0 Å². The summed E-state index contributed by atoms with van der Waals surface area (Å²) in [5, 5.41) is 3.99. The first-order chi connectivity index (χ1) is 7.65. The molecule has 4 heteroatoms. The van der Waals surface area contributed by atoms with Crippen LogP contribution in [0, 0.1) is 3.57 Å². The van der Waals surface area contributed by atoms with Gasteiger partial charge in [-0.05, 0) is 54.5 Å². The van der Waals surface area contributed by atoms with Crippen molar-refractivity contribution in [3.05, 3.63) is 33.4 Å². The first kappa shape index (κ1) is 14.0.